The molecule has 192 valence electrons. The van der Waals surface area contributed by atoms with E-state index in [4.69, 9.17) is 13.6 Å². The van der Waals surface area contributed by atoms with Crippen LogP contribution in [0, 0.1) is 0 Å². The minimum atomic E-state index is -1.65. The van der Waals surface area contributed by atoms with Crippen LogP contribution in [0.1, 0.15) is 20.8 Å². The smallest absolute Gasteiger partial charge is 0.308 e. The highest BCUT2D eigenvalue weighted by atomic mass is 79.9. The van der Waals surface area contributed by atoms with Crippen molar-refractivity contribution in [3.8, 4) is 17.2 Å². The molecule has 1 saturated heterocycles. The Kier molecular flexibility index (Phi) is 10.9. The number of benzene rings is 3. The van der Waals surface area contributed by atoms with Gasteiger partial charge in [-0.25, -0.2) is 0 Å². The van der Waals surface area contributed by atoms with E-state index in [0.29, 0.717) is 0 Å². The van der Waals surface area contributed by atoms with Gasteiger partial charge < -0.3 is 13.6 Å². The molecule has 0 aromatic heterocycles. The zero-order valence-electron chi connectivity index (χ0n) is 20.2. The Morgan fingerprint density at radius 3 is 0.889 bits per heavy atom. The first-order valence-electron chi connectivity index (χ1n) is 11.7. The molecule has 36 heavy (non-hydrogen) atoms. The molecule has 0 bridgehead atoms. The molecule has 1 fully saturated rings. The van der Waals surface area contributed by atoms with Crippen LogP contribution in [0.25, 0.3) is 0 Å². The predicted molar refractivity (Wildman–Crippen MR) is 166 cm³/mol. The minimum Gasteiger partial charge on any atom is -0.308 e. The molecule has 0 N–H and O–H groups in total. The second-order valence-corrected chi connectivity index (χ2v) is 17.4. The fourth-order valence-corrected chi connectivity index (χ4v) is 14.5. The lowest BCUT2D eigenvalue weighted by Crippen LogP contribution is -2.40. The molecule has 0 spiro atoms. The normalized spacial score (nSPS) is 21.3. The van der Waals surface area contributed by atoms with Crippen LogP contribution in [-0.2, 0) is 0 Å². The summed E-state index contributed by atoms with van der Waals surface area (Å²) in [5.41, 5.74) is 0. The summed E-state index contributed by atoms with van der Waals surface area (Å²) in [4.78, 5) is 0. The Morgan fingerprint density at radius 1 is 0.472 bits per heavy atom. The van der Waals surface area contributed by atoms with Gasteiger partial charge >= 0.3 is 25.3 Å². The molecule has 1 aliphatic heterocycles. The Morgan fingerprint density at radius 2 is 0.694 bits per heavy atom. The number of hydrogen-bond acceptors (Lipinski definition) is 6. The van der Waals surface area contributed by atoms with E-state index in [1.807, 2.05) is 72.8 Å². The average Bonchev–Trinajstić information content (AvgIpc) is 2.88. The summed E-state index contributed by atoms with van der Waals surface area (Å²) in [6.45, 7) is 8.99. The third kappa shape index (κ3) is 7.00. The molecule has 0 unspecified atom stereocenters. The molecule has 3 aromatic carbocycles. The van der Waals surface area contributed by atoms with Crippen LogP contribution in [-0.4, -0.2) is 33.0 Å². The molecule has 3 aromatic rings. The molecule has 1 heterocycles. The molecule has 4 rings (SSSR count). The van der Waals surface area contributed by atoms with Gasteiger partial charge in [-0.05, 0) is 93.6 Å². The Bertz CT molecular complexity index is 960. The standard InChI is InChI=1S/C24H27Br3N3O3P3/c1-4-28-34(31-22-13-7-19(25)8-14-22)29(5-2)36(33-24-17-11-21(27)12-18-24)30(6-3)35(28)32-23-15-9-20(26)10-16-23/h7-18H,4-6H2,1-3H3/p+3. The average molecular weight is 741 g/mol. The lowest BCUT2D eigenvalue weighted by atomic mass is 10.3. The van der Waals surface area contributed by atoms with Gasteiger partial charge in [-0.3, -0.25) is 0 Å². The van der Waals surface area contributed by atoms with Crippen LogP contribution in [0.4, 0.5) is 0 Å². The van der Waals surface area contributed by atoms with Crippen molar-refractivity contribution >= 4 is 73.1 Å². The maximum absolute atomic E-state index is 6.77. The predicted octanol–water partition coefficient (Wildman–Crippen LogP) is 9.37. The van der Waals surface area contributed by atoms with Gasteiger partial charge in [-0.1, -0.05) is 47.8 Å². The molecule has 0 atom stereocenters. The van der Waals surface area contributed by atoms with Gasteiger partial charge in [0.15, 0.2) is 17.2 Å². The maximum Gasteiger partial charge on any atom is 0.399 e. The number of rotatable bonds is 9. The van der Waals surface area contributed by atoms with Crippen molar-refractivity contribution in [2.45, 2.75) is 20.8 Å². The minimum absolute atomic E-state index is 0.816. The van der Waals surface area contributed by atoms with Crippen LogP contribution < -0.4 is 13.6 Å². The van der Waals surface area contributed by atoms with Gasteiger partial charge in [0, 0.05) is 26.7 Å². The highest BCUT2D eigenvalue weighted by Crippen LogP contribution is 2.76. The van der Waals surface area contributed by atoms with Crippen molar-refractivity contribution < 1.29 is 13.6 Å². The maximum atomic E-state index is 6.77. The van der Waals surface area contributed by atoms with E-state index in [2.05, 4.69) is 81.9 Å². The lowest BCUT2D eigenvalue weighted by molar-refractivity contribution is 0.391. The molecule has 12 heteroatoms. The zero-order chi connectivity index (χ0) is 25.7. The first kappa shape index (κ1) is 28.7. The number of halogens is 3. The first-order valence-corrected chi connectivity index (χ1v) is 18.0. The van der Waals surface area contributed by atoms with Gasteiger partial charge in [0.25, 0.3) is 0 Å². The summed E-state index contributed by atoms with van der Waals surface area (Å²) in [6, 6.07) is 24.2. The van der Waals surface area contributed by atoms with Crippen molar-refractivity contribution in [2.24, 2.45) is 0 Å². The largest absolute Gasteiger partial charge is 0.399 e. The topological polar surface area (TPSA) is 37.4 Å². The quantitative estimate of drug-likeness (QED) is 0.204. The van der Waals surface area contributed by atoms with E-state index in [1.165, 1.54) is 0 Å². The van der Waals surface area contributed by atoms with Crippen LogP contribution >= 0.6 is 73.1 Å². The summed E-state index contributed by atoms with van der Waals surface area (Å²) in [5.74, 6) is 2.55. The Hall–Kier alpha value is -0.330. The fraction of sp³-hybridized carbons (Fsp3) is 0.250. The molecule has 0 saturated carbocycles. The van der Waals surface area contributed by atoms with Gasteiger partial charge in [-0.2, -0.15) is 0 Å². The van der Waals surface area contributed by atoms with Crippen molar-refractivity contribution in [1.82, 2.24) is 13.3 Å². The van der Waals surface area contributed by atoms with Gasteiger partial charge in [0.05, 0.1) is 19.6 Å². The third-order valence-electron chi connectivity index (χ3n) is 5.40. The highest BCUT2D eigenvalue weighted by molar-refractivity contribution is 9.11. The second-order valence-electron chi connectivity index (χ2n) is 7.75. The molecular weight excluding hydrogens is 711 g/mol. The van der Waals surface area contributed by atoms with E-state index in [9.17, 15) is 0 Å². The van der Waals surface area contributed by atoms with Crippen molar-refractivity contribution in [1.29, 1.82) is 0 Å². The van der Waals surface area contributed by atoms with Crippen molar-refractivity contribution in [3.63, 3.8) is 0 Å². The van der Waals surface area contributed by atoms with Gasteiger partial charge in [0.2, 0.25) is 0 Å². The molecule has 6 nitrogen and oxygen atoms in total. The summed E-state index contributed by atoms with van der Waals surface area (Å²) in [5, 5.41) is 0. The Labute approximate surface area is 242 Å². The van der Waals surface area contributed by atoms with E-state index in [0.717, 1.165) is 50.3 Å². The van der Waals surface area contributed by atoms with Crippen LogP contribution in [0.15, 0.2) is 86.2 Å². The highest BCUT2D eigenvalue weighted by Gasteiger charge is 2.67. The fourth-order valence-electron chi connectivity index (χ4n) is 3.65. The second kappa shape index (κ2) is 13.6. The summed E-state index contributed by atoms with van der Waals surface area (Å²) in [7, 11) is -4.96. The number of hydrogen-bond donors (Lipinski definition) is 0. The van der Waals surface area contributed by atoms with Crippen LogP contribution in [0.2, 0.25) is 0 Å². The summed E-state index contributed by atoms with van der Waals surface area (Å²) >= 11 is 10.6. The van der Waals surface area contributed by atoms with E-state index >= 15 is 0 Å². The molecule has 0 amide bonds. The van der Waals surface area contributed by atoms with Crippen molar-refractivity contribution in [2.75, 3.05) is 19.6 Å². The molecule has 0 aliphatic carbocycles. The van der Waals surface area contributed by atoms with Crippen molar-refractivity contribution in [3.05, 3.63) is 86.2 Å². The summed E-state index contributed by atoms with van der Waals surface area (Å²) in [6.07, 6.45) is 0. The SMILES string of the molecule is CCN1[PH+](Oc2ccc(Br)cc2)N(CC)[PH+](Oc2ccc(Br)cc2)N(CC)[PH+]1Oc1ccc(Br)cc1. The number of nitrogens with zero attached hydrogens (tertiary/aromatic N) is 3. The van der Waals surface area contributed by atoms with E-state index in [-0.39, 0.29) is 0 Å². The lowest BCUT2D eigenvalue weighted by Gasteiger charge is -2.36. The monoisotopic (exact) mass is 738 g/mol. The molecular formula is C24H30Br3N3O3P3+3. The Balaban J connectivity index is 1.73. The van der Waals surface area contributed by atoms with Gasteiger partial charge in [-0.15, -0.1) is 0 Å². The zero-order valence-corrected chi connectivity index (χ0v) is 28.0. The van der Waals surface area contributed by atoms with Crippen LogP contribution in [0.3, 0.4) is 0 Å². The third-order valence-corrected chi connectivity index (χ3v) is 16.4. The molecule has 1 aliphatic rings. The first-order chi connectivity index (χ1) is 17.4. The molecule has 0 radical (unpaired) electrons. The van der Waals surface area contributed by atoms with E-state index in [1.54, 1.807) is 0 Å². The van der Waals surface area contributed by atoms with Crippen LogP contribution in [0.5, 0.6) is 17.2 Å². The van der Waals surface area contributed by atoms with E-state index < -0.39 is 25.3 Å². The summed E-state index contributed by atoms with van der Waals surface area (Å²) < 4.78 is 30.7. The van der Waals surface area contributed by atoms with Gasteiger partial charge in [0.1, 0.15) is 0 Å².